The largest absolute Gasteiger partial charge is 0.279 e. The van der Waals surface area contributed by atoms with E-state index in [9.17, 15) is 20.2 Å². The third kappa shape index (κ3) is 4.77. The maximum absolute atomic E-state index is 10.4. The van der Waals surface area contributed by atoms with Crippen LogP contribution in [0.2, 0.25) is 0 Å². The minimum absolute atomic E-state index is 0.228. The molecule has 1 aromatic carbocycles. The molecule has 0 aliphatic rings. The van der Waals surface area contributed by atoms with Gasteiger partial charge < -0.3 is 0 Å². The van der Waals surface area contributed by atoms with Crippen molar-refractivity contribution in [2.75, 3.05) is 5.84 Å². The second kappa shape index (κ2) is 7.46. The number of nitrogen functional groups attached to an aromatic ring is 1. The van der Waals surface area contributed by atoms with Gasteiger partial charge in [-0.3, -0.25) is 20.2 Å². The number of rotatable bonds is 2. The molecule has 1 heterocycles. The molecule has 2 aromatic rings. The van der Waals surface area contributed by atoms with Crippen molar-refractivity contribution in [3.8, 4) is 0 Å². The fourth-order valence-corrected chi connectivity index (χ4v) is 1.82. The average Bonchev–Trinajstić information content (AvgIpc) is 2.44. The Kier molecular flexibility index (Phi) is 5.93. The Bertz CT molecular complexity index is 721. The molecule has 2 N–H and O–H groups in total. The maximum atomic E-state index is 10.4. The van der Waals surface area contributed by atoms with E-state index in [-0.39, 0.29) is 11.4 Å². The third-order valence-electron chi connectivity index (χ3n) is 2.75. The van der Waals surface area contributed by atoms with Gasteiger partial charge in [0.1, 0.15) is 0 Å². The van der Waals surface area contributed by atoms with Gasteiger partial charge in [0.2, 0.25) is 11.9 Å². The summed E-state index contributed by atoms with van der Waals surface area (Å²) in [6.45, 7) is 3.48. The number of halogens is 1. The highest BCUT2D eigenvalue weighted by Gasteiger charge is 2.15. The first-order valence-corrected chi connectivity index (χ1v) is 6.84. The molecule has 9 heteroatoms. The number of aryl methyl sites for hydroxylation is 2. The molecule has 0 unspecified atom stereocenters. The summed E-state index contributed by atoms with van der Waals surface area (Å²) in [4.78, 5) is 19.4. The van der Waals surface area contributed by atoms with Crippen LogP contribution in [0.3, 0.4) is 0 Å². The summed E-state index contributed by atoms with van der Waals surface area (Å²) < 4.78 is 2.57. The lowest BCUT2D eigenvalue weighted by Crippen LogP contribution is -2.46. The van der Waals surface area contributed by atoms with E-state index in [0.717, 1.165) is 16.2 Å². The molecule has 0 saturated carbocycles. The molecule has 0 aliphatic carbocycles. The smallest absolute Gasteiger partial charge is 0.258 e. The standard InChI is InChI=1S/C7H6N2O4.C6H8BrN2/c1-5-2-3-6(8(10)11)4-7(5)9(12)13;1-5-2-3-6(7)4-9(5)8/h2-4H,1H3;2-4H,8H2,1H3/q;+1. The molecule has 22 heavy (non-hydrogen) atoms. The molecular weight excluding hydrogens is 356 g/mol. The highest BCUT2D eigenvalue weighted by atomic mass is 79.9. The molecule has 116 valence electrons. The summed E-state index contributed by atoms with van der Waals surface area (Å²) in [6, 6.07) is 7.46. The van der Waals surface area contributed by atoms with Crippen molar-refractivity contribution in [1.82, 2.24) is 0 Å². The van der Waals surface area contributed by atoms with Gasteiger partial charge in [-0.15, -0.1) is 0 Å². The molecule has 0 aliphatic heterocycles. The lowest BCUT2D eigenvalue weighted by molar-refractivity contribution is -0.646. The fraction of sp³-hybridized carbons (Fsp3) is 0.154. The molecule has 0 bridgehead atoms. The molecule has 8 nitrogen and oxygen atoms in total. The molecule has 0 spiro atoms. The van der Waals surface area contributed by atoms with Gasteiger partial charge in [-0.2, -0.15) is 0 Å². The first kappa shape index (κ1) is 17.5. The number of aromatic nitrogens is 1. The van der Waals surface area contributed by atoms with Crippen molar-refractivity contribution in [2.24, 2.45) is 0 Å². The number of nitrogens with zero attached hydrogens (tertiary/aromatic N) is 3. The number of nitro groups is 2. The van der Waals surface area contributed by atoms with E-state index in [0.29, 0.717) is 5.56 Å². The van der Waals surface area contributed by atoms with Crippen molar-refractivity contribution in [1.29, 1.82) is 0 Å². The average molecular weight is 370 g/mol. The minimum Gasteiger partial charge on any atom is -0.258 e. The van der Waals surface area contributed by atoms with Gasteiger partial charge in [0.05, 0.1) is 20.4 Å². The van der Waals surface area contributed by atoms with E-state index in [1.807, 2.05) is 25.3 Å². The highest BCUT2D eigenvalue weighted by molar-refractivity contribution is 9.10. The normalized spacial score (nSPS) is 9.59. The van der Waals surface area contributed by atoms with Crippen molar-refractivity contribution >= 4 is 27.3 Å². The number of benzene rings is 1. The minimum atomic E-state index is -0.660. The Labute approximate surface area is 134 Å². The van der Waals surface area contributed by atoms with Crippen LogP contribution in [0.4, 0.5) is 11.4 Å². The molecule has 2 rings (SSSR count). The molecule has 0 atom stereocenters. The van der Waals surface area contributed by atoms with Crippen LogP contribution in [0.1, 0.15) is 11.3 Å². The lowest BCUT2D eigenvalue weighted by Gasteiger charge is -1.95. The second-order valence-corrected chi connectivity index (χ2v) is 5.30. The number of hydrogen-bond donors (Lipinski definition) is 1. The van der Waals surface area contributed by atoms with Crippen LogP contribution in [0.15, 0.2) is 41.0 Å². The summed E-state index contributed by atoms with van der Waals surface area (Å²) in [5, 5.41) is 20.6. The van der Waals surface area contributed by atoms with Crippen molar-refractivity contribution in [3.05, 3.63) is 72.5 Å². The number of non-ortho nitro benzene ring substituents is 1. The lowest BCUT2D eigenvalue weighted by atomic mass is 10.2. The zero-order valence-corrected chi connectivity index (χ0v) is 13.5. The van der Waals surface area contributed by atoms with Gasteiger partial charge in [0.25, 0.3) is 11.4 Å². The predicted octanol–water partition coefficient (Wildman–Crippen LogP) is 2.57. The van der Waals surface area contributed by atoms with E-state index in [1.165, 1.54) is 19.1 Å². The van der Waals surface area contributed by atoms with Crippen molar-refractivity contribution in [3.63, 3.8) is 0 Å². The van der Waals surface area contributed by atoms with Crippen LogP contribution in [0.5, 0.6) is 0 Å². The Morgan fingerprint density at radius 3 is 2.18 bits per heavy atom. The molecule has 1 aromatic heterocycles. The van der Waals surface area contributed by atoms with Gasteiger partial charge in [-0.1, -0.05) is 4.68 Å². The third-order valence-corrected chi connectivity index (χ3v) is 3.22. The van der Waals surface area contributed by atoms with Crippen LogP contribution < -0.4 is 10.5 Å². The zero-order chi connectivity index (χ0) is 16.9. The first-order chi connectivity index (χ1) is 10.2. The van der Waals surface area contributed by atoms with Gasteiger partial charge in [0.15, 0.2) is 0 Å². The predicted molar refractivity (Wildman–Crippen MR) is 83.7 cm³/mol. The van der Waals surface area contributed by atoms with Crippen LogP contribution in [-0.4, -0.2) is 9.85 Å². The Hall–Kier alpha value is -2.55. The molecule has 0 radical (unpaired) electrons. The quantitative estimate of drug-likeness (QED) is 0.377. The Balaban J connectivity index is 0.000000235. The molecule has 0 saturated heterocycles. The van der Waals surface area contributed by atoms with Gasteiger partial charge in [-0.25, -0.2) is 5.84 Å². The Morgan fingerprint density at radius 1 is 1.09 bits per heavy atom. The number of nitro benzene ring substituents is 2. The monoisotopic (exact) mass is 369 g/mol. The summed E-state index contributed by atoms with van der Waals surface area (Å²) >= 11 is 3.30. The summed E-state index contributed by atoms with van der Waals surface area (Å²) in [6.07, 6.45) is 1.81. The molecular formula is C13H14BrN4O4+. The number of pyridine rings is 1. The topological polar surface area (TPSA) is 116 Å². The second-order valence-electron chi connectivity index (χ2n) is 4.38. The number of hydrogen-bond acceptors (Lipinski definition) is 5. The van der Waals surface area contributed by atoms with Gasteiger partial charge in [-0.05, 0) is 35.0 Å². The maximum Gasteiger partial charge on any atom is 0.279 e. The van der Waals surface area contributed by atoms with Crippen LogP contribution in [0.25, 0.3) is 0 Å². The molecule has 0 fully saturated rings. The Morgan fingerprint density at radius 2 is 1.73 bits per heavy atom. The summed E-state index contributed by atoms with van der Waals surface area (Å²) in [7, 11) is 0. The summed E-state index contributed by atoms with van der Waals surface area (Å²) in [5.74, 6) is 5.51. The zero-order valence-electron chi connectivity index (χ0n) is 11.9. The first-order valence-electron chi connectivity index (χ1n) is 6.04. The van der Waals surface area contributed by atoms with Crippen LogP contribution in [-0.2, 0) is 0 Å². The summed E-state index contributed by atoms with van der Waals surface area (Å²) in [5.41, 5.74) is 0.959. The fourth-order valence-electron chi connectivity index (χ4n) is 1.47. The van der Waals surface area contributed by atoms with Gasteiger partial charge in [0, 0.05) is 24.6 Å². The van der Waals surface area contributed by atoms with E-state index in [4.69, 9.17) is 5.84 Å². The van der Waals surface area contributed by atoms with Crippen LogP contribution >= 0.6 is 15.9 Å². The van der Waals surface area contributed by atoms with E-state index in [1.54, 1.807) is 4.68 Å². The van der Waals surface area contributed by atoms with Crippen molar-refractivity contribution in [2.45, 2.75) is 13.8 Å². The van der Waals surface area contributed by atoms with Crippen LogP contribution in [0, 0.1) is 34.1 Å². The SMILES string of the molecule is Cc1ccc(Br)c[n+]1N.Cc1ccc([N+](=O)[O-])cc1[N+](=O)[O-]. The van der Waals surface area contributed by atoms with E-state index >= 15 is 0 Å². The van der Waals surface area contributed by atoms with E-state index in [2.05, 4.69) is 15.9 Å². The van der Waals surface area contributed by atoms with Crippen molar-refractivity contribution < 1.29 is 14.5 Å². The highest BCUT2D eigenvalue weighted by Crippen LogP contribution is 2.23. The van der Waals surface area contributed by atoms with E-state index < -0.39 is 9.85 Å². The number of nitrogens with two attached hydrogens (primary N) is 1. The van der Waals surface area contributed by atoms with Gasteiger partial charge >= 0.3 is 0 Å². The molecule has 0 amide bonds.